The summed E-state index contributed by atoms with van der Waals surface area (Å²) in [6.07, 6.45) is 0. The monoisotopic (exact) mass is 1560 g/mol. The first-order chi connectivity index (χ1) is 45.0. The van der Waals surface area contributed by atoms with Crippen molar-refractivity contribution in [1.82, 2.24) is 39.2 Å². The largest absolute Gasteiger partial charge is 0.478 e. The quantitative estimate of drug-likeness (QED) is 0.0512. The summed E-state index contributed by atoms with van der Waals surface area (Å²) in [5, 5.41) is 8.75. The van der Waals surface area contributed by atoms with Crippen molar-refractivity contribution in [1.29, 1.82) is 0 Å². The number of halogens is 1. The lowest BCUT2D eigenvalue weighted by atomic mass is 9.80. The Hall–Kier alpha value is -6.65. The lowest BCUT2D eigenvalue weighted by molar-refractivity contribution is 0.0695. The van der Waals surface area contributed by atoms with Crippen molar-refractivity contribution in [3.05, 3.63) is 124 Å². The highest BCUT2D eigenvalue weighted by Crippen LogP contribution is 2.35. The summed E-state index contributed by atoms with van der Waals surface area (Å²) in [6.45, 7) is 13.6. The van der Waals surface area contributed by atoms with E-state index in [2.05, 4.69) is 75.7 Å². The van der Waals surface area contributed by atoms with Crippen molar-refractivity contribution >= 4 is 175 Å². The second-order valence-electron chi connectivity index (χ2n) is 24.5. The molecular weight excluding hydrogens is 1480 g/mol. The Labute approximate surface area is 618 Å². The number of nitrogens with two attached hydrogens (primary N) is 3. The molecule has 98 heavy (non-hydrogen) atoms. The minimum Gasteiger partial charge on any atom is -0.478 e. The number of aromatic carboxylic acids is 1. The zero-order chi connectivity index (χ0) is 75.6. The molecule has 5 aromatic rings. The predicted octanol–water partition coefficient (Wildman–Crippen LogP) is 15.6. The van der Waals surface area contributed by atoms with Gasteiger partial charge in [-0.1, -0.05) is 75.7 Å². The third-order valence-corrected chi connectivity index (χ3v) is 20.5. The number of hydrogen-bond acceptors (Lipinski definition) is 20. The summed E-state index contributed by atoms with van der Waals surface area (Å²) in [7, 11) is 26.3. The number of anilines is 1. The topological polar surface area (TPSA) is 312 Å². The van der Waals surface area contributed by atoms with Crippen molar-refractivity contribution in [3.63, 3.8) is 0 Å². The van der Waals surface area contributed by atoms with E-state index in [-0.39, 0.29) is 69.4 Å². The normalized spacial score (nSPS) is 10.6. The molecule has 0 aliphatic carbocycles. The smallest absolute Gasteiger partial charge is 0.335 e. The van der Waals surface area contributed by atoms with Gasteiger partial charge in [-0.05, 0) is 194 Å². The van der Waals surface area contributed by atoms with Gasteiger partial charge in [-0.3, -0.25) is 47.9 Å². The molecule has 0 spiro atoms. The first-order valence-electron chi connectivity index (χ1n) is 29.1. The molecule has 0 saturated heterocycles. The molecule has 536 valence electrons. The first kappa shape index (κ1) is 89.4. The van der Waals surface area contributed by atoms with Crippen molar-refractivity contribution in [2.24, 2.45) is 11.5 Å². The van der Waals surface area contributed by atoms with E-state index in [4.69, 9.17) is 22.3 Å². The molecule has 0 bridgehead atoms. The Balaban J connectivity index is 0.000000614. The summed E-state index contributed by atoms with van der Waals surface area (Å²) >= 11 is 11.5. The molecule has 32 heteroatoms. The minimum absolute atomic E-state index is 0.0422. The number of rotatable bonds is 12. The maximum Gasteiger partial charge on any atom is 0.335 e. The molecule has 0 aliphatic rings. The molecule has 23 nitrogen and oxygen atoms in total. The molecule has 0 radical (unpaired) electrons. The van der Waals surface area contributed by atoms with Crippen LogP contribution in [0.5, 0.6) is 0 Å². The number of benzene rings is 5. The fourth-order valence-corrected chi connectivity index (χ4v) is 13.0. The Kier molecular flexibility index (Phi) is 38.1. The van der Waals surface area contributed by atoms with Crippen LogP contribution >= 0.6 is 110 Å². The van der Waals surface area contributed by atoms with Gasteiger partial charge < -0.3 is 61.5 Å². The number of nitrogen functional groups attached to an aromatic ring is 1. The predicted molar refractivity (Wildman–Crippen MR) is 410 cm³/mol. The van der Waals surface area contributed by atoms with Gasteiger partial charge in [0, 0.05) is 174 Å². The van der Waals surface area contributed by atoms with E-state index in [9.17, 15) is 52.7 Å². The first-order valence-corrected chi connectivity index (χ1v) is 36.7. The van der Waals surface area contributed by atoms with Crippen LogP contribution in [0, 0.1) is 0 Å². The molecule has 0 heterocycles. The van der Waals surface area contributed by atoms with E-state index >= 15 is 0 Å². The van der Waals surface area contributed by atoms with Gasteiger partial charge >= 0.3 is 5.97 Å². The maximum absolute atomic E-state index is 11.7. The number of hydrogen-bond donors (Lipinski definition) is 4. The van der Waals surface area contributed by atoms with Crippen molar-refractivity contribution in [2.75, 3.05) is 118 Å². The average Bonchev–Trinajstić information content (AvgIpc) is 0.838. The number of alkyl halides is 1. The van der Waals surface area contributed by atoms with Crippen LogP contribution in [-0.4, -0.2) is 217 Å². The summed E-state index contributed by atoms with van der Waals surface area (Å²) in [5.41, 5.74) is 22.1. The van der Waals surface area contributed by atoms with Crippen LogP contribution < -0.4 is 17.2 Å². The van der Waals surface area contributed by atoms with E-state index in [0.717, 1.165) is 109 Å². The number of amides is 10. The average molecular weight is 1570 g/mol. The van der Waals surface area contributed by atoms with Crippen LogP contribution in [0.2, 0.25) is 0 Å². The Morgan fingerprint density at radius 1 is 0.327 bits per heavy atom. The highest BCUT2D eigenvalue weighted by Gasteiger charge is 2.22. The van der Waals surface area contributed by atoms with Crippen molar-refractivity contribution in [2.45, 2.75) is 96.9 Å². The lowest BCUT2D eigenvalue weighted by Crippen LogP contribution is -2.17. The summed E-state index contributed by atoms with van der Waals surface area (Å²) < 4.78 is 0. The van der Waals surface area contributed by atoms with Crippen LogP contribution in [0.4, 0.5) is 44.0 Å². The number of carbonyl (C=O) groups is 11. The highest BCUT2D eigenvalue weighted by molar-refractivity contribution is 9.08. The summed E-state index contributed by atoms with van der Waals surface area (Å²) in [5.74, 6) is -2.31. The van der Waals surface area contributed by atoms with Crippen molar-refractivity contribution < 1.29 is 57.8 Å². The van der Waals surface area contributed by atoms with Gasteiger partial charge in [0.05, 0.1) is 5.56 Å². The number of thioether (sulfide) groups is 8. The van der Waals surface area contributed by atoms with Gasteiger partial charge in [0.25, 0.3) is 41.9 Å². The fraction of sp³-hybridized carbons (Fsp3) is 0.379. The minimum atomic E-state index is -1.10. The van der Waals surface area contributed by atoms with Crippen molar-refractivity contribution in [3.8, 4) is 0 Å². The number of primary amides is 2. The second-order valence-corrected chi connectivity index (χ2v) is 33.3. The van der Waals surface area contributed by atoms with Crippen LogP contribution in [-0.2, 0) is 16.2 Å². The molecule has 0 saturated carbocycles. The molecule has 10 amide bonds. The molecule has 0 atom stereocenters. The Bertz CT molecular complexity index is 3240. The van der Waals surface area contributed by atoms with E-state index in [0.29, 0.717) is 35.1 Å². The van der Waals surface area contributed by atoms with Gasteiger partial charge in [-0.2, -0.15) is 0 Å². The van der Waals surface area contributed by atoms with Crippen LogP contribution in [0.1, 0.15) is 89.3 Å². The van der Waals surface area contributed by atoms with Crippen LogP contribution in [0.25, 0.3) is 0 Å². The standard InChI is InChI=1S/C15H23Br.2C13H17N3O3S2.C13H16N2O4S2.C12H17N3O2S2/c1-14(2,3)12-7-11(10-16)8-13(9-12)15(4,5)6;2*1-15(2)12(18)20-9-5-8(11(14)17)6-10(7-9)21-13(19)16(3)4;1-14(2)12(18)20-9-5-8(11(16)17)6-10(7-9)21-13(19)15(3)4;1-14(2)11(16)18-9-5-8(13)6-10(7-9)19-12(17)15(3)4/h7-9H,10H2,1-6H3;2*5-7H,1-4H3,(H2,14,17);5-7H,1-4H3,(H,16,17);5-7H,13H2,1-4H3. The van der Waals surface area contributed by atoms with E-state index < -0.39 is 17.8 Å². The Morgan fingerprint density at radius 2 is 0.510 bits per heavy atom. The lowest BCUT2D eigenvalue weighted by Gasteiger charge is -2.26. The number of nitrogens with zero attached hydrogens (tertiary/aromatic N) is 8. The SMILES string of the molecule is CC(C)(C)c1cc(CBr)cc(C(C)(C)C)c1.CN(C)C(=O)Sc1cc(N)cc(SC(=O)N(C)C)c1.CN(C)C(=O)Sc1cc(SC(=O)N(C)C)cc(C(=O)O)c1.CN(C)C(=O)Sc1cc(SC(=O)N(C)C)cc(C(N)=O)c1.CN(C)C(=O)Sc1cc(SC(=O)N(C)C)cc(C(N)=O)c1. The Morgan fingerprint density at radius 3 is 0.663 bits per heavy atom. The van der Waals surface area contributed by atoms with Gasteiger partial charge in [-0.15, -0.1) is 0 Å². The number of carboxylic acids is 1. The summed E-state index contributed by atoms with van der Waals surface area (Å²) in [4.78, 5) is 144. The highest BCUT2D eigenvalue weighted by atomic mass is 79.9. The molecule has 0 unspecified atom stereocenters. The second kappa shape index (κ2) is 41.8. The molecule has 7 N–H and O–H groups in total. The molecule has 0 fully saturated rings. The molecular formula is C66H90BrN11O12S8. The third kappa shape index (κ3) is 33.9. The molecule has 0 aliphatic heterocycles. The van der Waals surface area contributed by atoms with Gasteiger partial charge in [0.1, 0.15) is 0 Å². The van der Waals surface area contributed by atoms with E-state index in [1.165, 1.54) is 68.0 Å². The summed E-state index contributed by atoms with van der Waals surface area (Å²) in [6, 6.07) is 26.2. The van der Waals surface area contributed by atoms with E-state index in [1.54, 1.807) is 173 Å². The molecule has 0 aromatic heterocycles. The zero-order valence-electron chi connectivity index (χ0n) is 59.3. The van der Waals surface area contributed by atoms with Gasteiger partial charge in [-0.25, -0.2) is 4.79 Å². The molecule has 5 aromatic carbocycles. The van der Waals surface area contributed by atoms with E-state index in [1.807, 2.05) is 0 Å². The van der Waals surface area contributed by atoms with Gasteiger partial charge in [0.15, 0.2) is 0 Å². The maximum atomic E-state index is 11.7. The third-order valence-electron chi connectivity index (χ3n) is 11.8. The number of carboxylic acid groups (broad SMARTS) is 1. The van der Waals surface area contributed by atoms with Gasteiger partial charge in [0.2, 0.25) is 11.8 Å². The fourth-order valence-electron chi connectivity index (χ4n) is 6.36. The zero-order valence-corrected chi connectivity index (χ0v) is 67.4. The van der Waals surface area contributed by atoms with Crippen LogP contribution in [0.15, 0.2) is 130 Å². The van der Waals surface area contributed by atoms with Crippen LogP contribution in [0.3, 0.4) is 0 Å². The molecule has 5 rings (SSSR count). The number of carbonyl (C=O) groups excluding carboxylic acids is 10.